The minimum absolute atomic E-state index is 0.0157. The van der Waals surface area contributed by atoms with Crippen molar-refractivity contribution in [3.05, 3.63) is 0 Å². The van der Waals surface area contributed by atoms with Crippen molar-refractivity contribution in [3.8, 4) is 0 Å². The zero-order chi connectivity index (χ0) is 17.9. The first-order chi connectivity index (χ1) is 10.6. The maximum Gasteiger partial charge on any atom is 0.302 e. The Labute approximate surface area is 148 Å². The van der Waals surface area contributed by atoms with Gasteiger partial charge in [0.2, 0.25) is 0 Å². The normalized spacial score (nSPS) is 12.6. The molecule has 0 heterocycles. The molecule has 0 spiro atoms. The predicted molar refractivity (Wildman–Crippen MR) is 89.2 cm³/mol. The summed E-state index contributed by atoms with van der Waals surface area (Å²) in [4.78, 5) is 10.5. The van der Waals surface area contributed by atoms with Gasteiger partial charge in [-0.2, -0.15) is 0 Å². The third-order valence-electron chi connectivity index (χ3n) is 2.93. The van der Waals surface area contributed by atoms with Crippen molar-refractivity contribution in [1.29, 1.82) is 0 Å². The van der Waals surface area contributed by atoms with E-state index in [0.29, 0.717) is 13.0 Å². The van der Waals surface area contributed by atoms with Crippen molar-refractivity contribution < 1.29 is 27.4 Å². The van der Waals surface area contributed by atoms with Gasteiger partial charge in [0.15, 0.2) is 9.84 Å². The van der Waals surface area contributed by atoms with Crippen LogP contribution in [0.4, 0.5) is 0 Å². The lowest BCUT2D eigenvalue weighted by molar-refractivity contribution is -0.142. The maximum absolute atomic E-state index is 11.9. The largest absolute Gasteiger partial charge is 0.463 e. The topological polar surface area (TPSA) is 82.1 Å². The van der Waals surface area contributed by atoms with E-state index in [-0.39, 0.29) is 43.9 Å². The molecule has 0 fully saturated rings. The van der Waals surface area contributed by atoms with Gasteiger partial charge in [-0.15, -0.1) is 3.94 Å². The van der Waals surface area contributed by atoms with E-state index in [1.54, 1.807) is 13.8 Å². The van der Waals surface area contributed by atoms with Crippen molar-refractivity contribution in [3.63, 3.8) is 0 Å². The van der Waals surface area contributed by atoms with E-state index in [4.69, 9.17) is 33.0 Å². The zero-order valence-corrected chi connectivity index (χ0v) is 16.0. The molecular weight excluding hydrogens is 369 g/mol. The van der Waals surface area contributed by atoms with Crippen LogP contribution in [0.25, 0.3) is 0 Å². The second-order valence-corrected chi connectivity index (χ2v) is 8.66. The molecule has 138 valence electrons. The lowest BCUT2D eigenvalue weighted by atomic mass is 10.0. The average molecular weight is 394 g/mol. The Bertz CT molecular complexity index is 442. The van der Waals surface area contributed by atoms with Crippen LogP contribution in [0.15, 0.2) is 0 Å². The van der Waals surface area contributed by atoms with Crippen LogP contribution in [0.2, 0.25) is 0 Å². The Morgan fingerprint density at radius 3 is 2.04 bits per heavy atom. The quantitative estimate of drug-likeness (QED) is 0.268. The van der Waals surface area contributed by atoms with E-state index in [2.05, 4.69) is 4.74 Å². The number of sulfone groups is 1. The van der Waals surface area contributed by atoms with Crippen LogP contribution in [0.1, 0.15) is 27.2 Å². The monoisotopic (exact) mass is 393 g/mol. The molecule has 0 amide bonds. The molecule has 0 aliphatic rings. The van der Waals surface area contributed by atoms with Crippen LogP contribution in [0.5, 0.6) is 0 Å². The summed E-state index contributed by atoms with van der Waals surface area (Å²) in [6, 6.07) is 0. The van der Waals surface area contributed by atoms with Crippen LogP contribution in [-0.2, 0) is 28.8 Å². The zero-order valence-electron chi connectivity index (χ0n) is 13.7. The Kier molecular flexibility index (Phi) is 11.4. The Hall–Kier alpha value is -0.120. The fourth-order valence-electron chi connectivity index (χ4n) is 1.34. The average Bonchev–Trinajstić information content (AvgIpc) is 2.43. The molecular formula is C13H25Cl2NO6S. The molecule has 0 radical (unpaired) electrons. The number of hydrogen-bond acceptors (Lipinski definition) is 7. The fourth-order valence-corrected chi connectivity index (χ4v) is 2.90. The third-order valence-corrected chi connectivity index (χ3v) is 5.46. The standard InChI is InChI=1S/C13H25Cl2NO6S/c1-12(17)22-8-7-20-5-6-21-9-11-23(18,19)10-4-13(2,3)16(14)15/h4-11H2,1-3H3. The molecule has 10 heteroatoms. The highest BCUT2D eigenvalue weighted by Crippen LogP contribution is 2.24. The summed E-state index contributed by atoms with van der Waals surface area (Å²) in [5.74, 6) is -0.441. The Balaban J connectivity index is 3.69. The molecule has 0 rings (SSSR count). The van der Waals surface area contributed by atoms with Gasteiger partial charge >= 0.3 is 5.97 Å². The smallest absolute Gasteiger partial charge is 0.302 e. The SMILES string of the molecule is CC(=O)OCCOCCOCCS(=O)(=O)CCC(C)(C)N(Cl)Cl. The minimum atomic E-state index is -3.23. The summed E-state index contributed by atoms with van der Waals surface area (Å²) in [7, 11) is -3.23. The molecule has 0 aliphatic carbocycles. The molecule has 0 atom stereocenters. The minimum Gasteiger partial charge on any atom is -0.463 e. The Morgan fingerprint density at radius 1 is 1.00 bits per heavy atom. The van der Waals surface area contributed by atoms with Crippen LogP contribution in [0.3, 0.4) is 0 Å². The number of rotatable bonds is 13. The summed E-state index contributed by atoms with van der Waals surface area (Å²) < 4.78 is 39.7. The highest BCUT2D eigenvalue weighted by atomic mass is 35.5. The highest BCUT2D eigenvalue weighted by molar-refractivity contribution is 7.91. The van der Waals surface area contributed by atoms with Crippen LogP contribution < -0.4 is 0 Å². The second kappa shape index (κ2) is 11.4. The summed E-state index contributed by atoms with van der Waals surface area (Å²) >= 11 is 11.3. The van der Waals surface area contributed by atoms with Gasteiger partial charge < -0.3 is 14.2 Å². The maximum atomic E-state index is 11.9. The first-order valence-corrected chi connectivity index (χ1v) is 9.68. The van der Waals surface area contributed by atoms with Gasteiger partial charge in [0.05, 0.1) is 37.9 Å². The van der Waals surface area contributed by atoms with Gasteiger partial charge in [0.1, 0.15) is 6.61 Å². The van der Waals surface area contributed by atoms with Gasteiger partial charge in [0, 0.05) is 12.5 Å². The van der Waals surface area contributed by atoms with Crippen molar-refractivity contribution in [2.75, 3.05) is 44.5 Å². The Morgan fingerprint density at radius 2 is 1.52 bits per heavy atom. The molecule has 7 nitrogen and oxygen atoms in total. The van der Waals surface area contributed by atoms with Gasteiger partial charge in [0.25, 0.3) is 0 Å². The summed E-state index contributed by atoms with van der Waals surface area (Å²) in [6.07, 6.45) is 0.321. The lowest BCUT2D eigenvalue weighted by Gasteiger charge is -2.27. The van der Waals surface area contributed by atoms with Gasteiger partial charge in [-0.25, -0.2) is 8.42 Å². The van der Waals surface area contributed by atoms with Crippen LogP contribution >= 0.6 is 23.6 Å². The van der Waals surface area contributed by atoms with Crippen molar-refractivity contribution in [2.45, 2.75) is 32.7 Å². The number of hydrogen-bond donors (Lipinski definition) is 0. The summed E-state index contributed by atoms with van der Waals surface area (Å²) in [6.45, 7) is 5.99. The number of halogens is 2. The van der Waals surface area contributed by atoms with Crippen LogP contribution in [0, 0.1) is 0 Å². The van der Waals surface area contributed by atoms with E-state index in [1.165, 1.54) is 6.92 Å². The summed E-state index contributed by atoms with van der Waals surface area (Å²) in [5.41, 5.74) is -0.618. The first-order valence-electron chi connectivity index (χ1n) is 7.18. The second-order valence-electron chi connectivity index (χ2n) is 5.51. The number of nitrogens with zero attached hydrogens (tertiary/aromatic N) is 1. The molecule has 0 bridgehead atoms. The van der Waals surface area contributed by atoms with Crippen LogP contribution in [-0.4, -0.2) is 68.4 Å². The van der Waals surface area contributed by atoms with E-state index >= 15 is 0 Å². The van der Waals surface area contributed by atoms with Crippen molar-refractivity contribution in [1.82, 2.24) is 3.94 Å². The van der Waals surface area contributed by atoms with Crippen molar-refractivity contribution >= 4 is 39.4 Å². The number of carbonyl (C=O) groups excluding carboxylic acids is 1. The molecule has 0 aromatic rings. The first kappa shape index (κ1) is 22.9. The van der Waals surface area contributed by atoms with Gasteiger partial charge in [-0.05, 0) is 43.8 Å². The van der Waals surface area contributed by atoms with E-state index in [9.17, 15) is 13.2 Å². The number of ether oxygens (including phenoxy) is 3. The molecule has 0 saturated heterocycles. The predicted octanol–water partition coefficient (Wildman–Crippen LogP) is 1.78. The van der Waals surface area contributed by atoms with E-state index < -0.39 is 15.4 Å². The van der Waals surface area contributed by atoms with Crippen molar-refractivity contribution in [2.24, 2.45) is 0 Å². The molecule has 0 saturated carbocycles. The molecule has 0 N–H and O–H groups in total. The summed E-state index contributed by atoms with van der Waals surface area (Å²) in [5, 5.41) is 0. The molecule has 0 aromatic heterocycles. The molecule has 0 unspecified atom stereocenters. The number of esters is 1. The highest BCUT2D eigenvalue weighted by Gasteiger charge is 2.26. The van der Waals surface area contributed by atoms with E-state index in [0.717, 1.165) is 3.94 Å². The van der Waals surface area contributed by atoms with Gasteiger partial charge in [-0.3, -0.25) is 4.79 Å². The van der Waals surface area contributed by atoms with E-state index in [1.807, 2.05) is 0 Å². The number of carbonyl (C=O) groups is 1. The molecule has 0 aliphatic heterocycles. The molecule has 0 aromatic carbocycles. The third kappa shape index (κ3) is 12.9. The van der Waals surface area contributed by atoms with Gasteiger partial charge in [-0.1, -0.05) is 0 Å². The molecule has 23 heavy (non-hydrogen) atoms. The lowest BCUT2D eigenvalue weighted by Crippen LogP contribution is -2.34. The fraction of sp³-hybridized carbons (Fsp3) is 0.923.